The molecule has 0 unspecified atom stereocenters. The summed E-state index contributed by atoms with van der Waals surface area (Å²) in [4.78, 5) is 0. The molecule has 16 heavy (non-hydrogen) atoms. The minimum Gasteiger partial charge on any atom is -0.269 e. The lowest BCUT2D eigenvalue weighted by Crippen LogP contribution is -2.23. The summed E-state index contributed by atoms with van der Waals surface area (Å²) < 4.78 is 2.20. The second kappa shape index (κ2) is 4.52. The summed E-state index contributed by atoms with van der Waals surface area (Å²) in [6, 6.07) is 0.625. The van der Waals surface area contributed by atoms with Gasteiger partial charge in [-0.2, -0.15) is 5.10 Å². The third kappa shape index (κ3) is 2.50. The molecule has 0 radical (unpaired) electrons. The smallest absolute Gasteiger partial charge is 0.0634 e. The van der Waals surface area contributed by atoms with Crippen LogP contribution in [-0.2, 0) is 5.33 Å². The van der Waals surface area contributed by atoms with Gasteiger partial charge in [0.15, 0.2) is 0 Å². The van der Waals surface area contributed by atoms with E-state index in [2.05, 4.69) is 52.7 Å². The van der Waals surface area contributed by atoms with Gasteiger partial charge in [-0.25, -0.2) is 0 Å². The van der Waals surface area contributed by atoms with E-state index in [0.29, 0.717) is 11.5 Å². The minimum atomic E-state index is 0.539. The zero-order valence-electron chi connectivity index (χ0n) is 10.5. The lowest BCUT2D eigenvalue weighted by Gasteiger charge is -2.34. The zero-order chi connectivity index (χ0) is 11.8. The number of hydrogen-bond donors (Lipinski definition) is 0. The topological polar surface area (TPSA) is 17.8 Å². The van der Waals surface area contributed by atoms with Crippen molar-refractivity contribution in [3.63, 3.8) is 0 Å². The third-order valence-electron chi connectivity index (χ3n) is 3.85. The van der Waals surface area contributed by atoms with Crippen LogP contribution in [0.25, 0.3) is 0 Å². The van der Waals surface area contributed by atoms with E-state index in [1.807, 2.05) is 0 Å². The molecule has 0 aliphatic heterocycles. The van der Waals surface area contributed by atoms with Gasteiger partial charge in [0.2, 0.25) is 0 Å². The van der Waals surface area contributed by atoms with Crippen molar-refractivity contribution < 1.29 is 0 Å². The van der Waals surface area contributed by atoms with Crippen LogP contribution in [0.15, 0.2) is 6.20 Å². The van der Waals surface area contributed by atoms with Gasteiger partial charge in [-0.3, -0.25) is 4.68 Å². The summed E-state index contributed by atoms with van der Waals surface area (Å²) in [5, 5.41) is 5.55. The van der Waals surface area contributed by atoms with Crippen LogP contribution in [-0.4, -0.2) is 9.78 Å². The molecule has 3 heteroatoms. The molecule has 0 atom stereocenters. The molecule has 0 spiro atoms. The Balaban J connectivity index is 2.08. The van der Waals surface area contributed by atoms with Gasteiger partial charge < -0.3 is 0 Å². The highest BCUT2D eigenvalue weighted by Gasteiger charge is 2.28. The van der Waals surface area contributed by atoms with Crippen LogP contribution in [0.3, 0.4) is 0 Å². The largest absolute Gasteiger partial charge is 0.269 e. The third-order valence-corrected chi connectivity index (χ3v) is 4.45. The SMILES string of the molecule is Cc1nn(C2CCC(C)(C)CC2)cc1CBr. The van der Waals surface area contributed by atoms with Crippen LogP contribution in [0.1, 0.15) is 56.8 Å². The lowest BCUT2D eigenvalue weighted by atomic mass is 9.76. The number of hydrogen-bond acceptors (Lipinski definition) is 1. The molecule has 0 saturated heterocycles. The van der Waals surface area contributed by atoms with Crippen LogP contribution in [0.4, 0.5) is 0 Å². The fourth-order valence-electron chi connectivity index (χ4n) is 2.49. The molecule has 2 rings (SSSR count). The fraction of sp³-hybridized carbons (Fsp3) is 0.769. The highest BCUT2D eigenvalue weighted by Crippen LogP contribution is 2.40. The molecule has 1 aliphatic carbocycles. The minimum absolute atomic E-state index is 0.539. The van der Waals surface area contributed by atoms with Crippen molar-refractivity contribution in [3.05, 3.63) is 17.5 Å². The second-order valence-electron chi connectivity index (χ2n) is 5.75. The van der Waals surface area contributed by atoms with E-state index < -0.39 is 0 Å². The van der Waals surface area contributed by atoms with E-state index in [1.165, 1.54) is 36.9 Å². The molecule has 1 aromatic heterocycles. The number of rotatable bonds is 2. The monoisotopic (exact) mass is 284 g/mol. The van der Waals surface area contributed by atoms with Crippen molar-refractivity contribution in [1.82, 2.24) is 9.78 Å². The molecular weight excluding hydrogens is 264 g/mol. The van der Waals surface area contributed by atoms with E-state index >= 15 is 0 Å². The van der Waals surface area contributed by atoms with Crippen molar-refractivity contribution >= 4 is 15.9 Å². The molecule has 1 aliphatic rings. The second-order valence-corrected chi connectivity index (χ2v) is 6.31. The van der Waals surface area contributed by atoms with Crippen molar-refractivity contribution in [2.75, 3.05) is 0 Å². The standard InChI is InChI=1S/C13H21BrN2/c1-10-11(8-14)9-16(15-10)12-4-6-13(2,3)7-5-12/h9,12H,4-8H2,1-3H3. The Hall–Kier alpha value is -0.310. The quantitative estimate of drug-likeness (QED) is 0.744. The molecule has 0 amide bonds. The van der Waals surface area contributed by atoms with E-state index in [4.69, 9.17) is 0 Å². The van der Waals surface area contributed by atoms with Crippen LogP contribution < -0.4 is 0 Å². The summed E-state index contributed by atoms with van der Waals surface area (Å²) >= 11 is 3.51. The molecule has 1 fully saturated rings. The van der Waals surface area contributed by atoms with Crippen molar-refractivity contribution in [2.45, 2.75) is 57.8 Å². The maximum absolute atomic E-state index is 4.64. The van der Waals surface area contributed by atoms with Crippen LogP contribution in [0.2, 0.25) is 0 Å². The number of nitrogens with zero attached hydrogens (tertiary/aromatic N) is 2. The summed E-state index contributed by atoms with van der Waals surface area (Å²) in [5.41, 5.74) is 3.03. The first kappa shape index (κ1) is 12.2. The predicted molar refractivity (Wildman–Crippen MR) is 70.9 cm³/mol. The van der Waals surface area contributed by atoms with Crippen molar-refractivity contribution in [3.8, 4) is 0 Å². The van der Waals surface area contributed by atoms with Gasteiger partial charge >= 0.3 is 0 Å². The summed E-state index contributed by atoms with van der Waals surface area (Å²) in [5.74, 6) is 0. The van der Waals surface area contributed by atoms with E-state index in [1.54, 1.807) is 0 Å². The molecule has 1 aromatic rings. The average molecular weight is 285 g/mol. The predicted octanol–water partition coefficient (Wildman–Crippen LogP) is 4.23. The molecular formula is C13H21BrN2. The highest BCUT2D eigenvalue weighted by atomic mass is 79.9. The molecule has 0 aromatic carbocycles. The fourth-order valence-corrected chi connectivity index (χ4v) is 3.04. The number of alkyl halides is 1. The highest BCUT2D eigenvalue weighted by molar-refractivity contribution is 9.08. The van der Waals surface area contributed by atoms with Gasteiger partial charge in [-0.15, -0.1) is 0 Å². The Morgan fingerprint density at radius 1 is 1.44 bits per heavy atom. The Bertz CT molecular complexity index is 358. The molecule has 90 valence electrons. The number of aryl methyl sites for hydroxylation is 1. The first-order valence-corrected chi connectivity index (χ1v) is 7.24. The van der Waals surface area contributed by atoms with Gasteiger partial charge in [0.25, 0.3) is 0 Å². The lowest BCUT2D eigenvalue weighted by molar-refractivity contribution is 0.186. The molecule has 1 heterocycles. The normalized spacial score (nSPS) is 21.2. The van der Waals surface area contributed by atoms with Crippen molar-refractivity contribution in [1.29, 1.82) is 0 Å². The summed E-state index contributed by atoms with van der Waals surface area (Å²) in [7, 11) is 0. The average Bonchev–Trinajstić information content (AvgIpc) is 2.59. The summed E-state index contributed by atoms with van der Waals surface area (Å²) in [6.07, 6.45) is 7.40. The maximum atomic E-state index is 4.64. The number of halogens is 1. The van der Waals surface area contributed by atoms with Gasteiger partial charge in [0, 0.05) is 17.1 Å². The first-order chi connectivity index (χ1) is 7.52. The zero-order valence-corrected chi connectivity index (χ0v) is 12.0. The Kier molecular flexibility index (Phi) is 3.43. The number of aromatic nitrogens is 2. The Morgan fingerprint density at radius 3 is 2.56 bits per heavy atom. The molecule has 2 nitrogen and oxygen atoms in total. The van der Waals surface area contributed by atoms with E-state index in [-0.39, 0.29) is 0 Å². The maximum Gasteiger partial charge on any atom is 0.0634 e. The molecule has 1 saturated carbocycles. The van der Waals surface area contributed by atoms with Crippen LogP contribution >= 0.6 is 15.9 Å². The van der Waals surface area contributed by atoms with E-state index in [0.717, 1.165) is 5.33 Å². The van der Waals surface area contributed by atoms with Crippen LogP contribution in [0.5, 0.6) is 0 Å². The van der Waals surface area contributed by atoms with Gasteiger partial charge in [0.1, 0.15) is 0 Å². The van der Waals surface area contributed by atoms with Crippen LogP contribution in [0, 0.1) is 12.3 Å². The van der Waals surface area contributed by atoms with Gasteiger partial charge in [0.05, 0.1) is 11.7 Å². The van der Waals surface area contributed by atoms with E-state index in [9.17, 15) is 0 Å². The molecule has 0 bridgehead atoms. The van der Waals surface area contributed by atoms with Gasteiger partial charge in [-0.1, -0.05) is 29.8 Å². The first-order valence-electron chi connectivity index (χ1n) is 6.12. The Morgan fingerprint density at radius 2 is 2.06 bits per heavy atom. The summed E-state index contributed by atoms with van der Waals surface area (Å²) in [6.45, 7) is 6.85. The van der Waals surface area contributed by atoms with Crippen molar-refractivity contribution in [2.24, 2.45) is 5.41 Å². The molecule has 0 N–H and O–H groups in total. The Labute approximate surface area is 107 Å². The van der Waals surface area contributed by atoms with Gasteiger partial charge in [-0.05, 0) is 38.0 Å².